The topological polar surface area (TPSA) is 55.9 Å². The van der Waals surface area contributed by atoms with E-state index in [2.05, 4.69) is 10.4 Å². The SMILES string of the molecule is Cc1nn(C)cc1CNc1ccc(N)cc1F. The Balaban J connectivity index is 2.10. The van der Waals surface area contributed by atoms with Gasteiger partial charge in [-0.3, -0.25) is 4.68 Å². The van der Waals surface area contributed by atoms with Gasteiger partial charge in [0.1, 0.15) is 5.82 Å². The Morgan fingerprint density at radius 2 is 2.24 bits per heavy atom. The molecule has 2 rings (SSSR count). The number of anilines is 2. The maximum atomic E-state index is 13.5. The summed E-state index contributed by atoms with van der Waals surface area (Å²) in [5.74, 6) is -0.341. The second kappa shape index (κ2) is 4.45. The number of nitrogens with one attached hydrogen (secondary N) is 1. The molecule has 90 valence electrons. The molecule has 0 bridgehead atoms. The standard InChI is InChI=1S/C12H15FN4/c1-8-9(7-17(2)16-8)6-15-12-4-3-10(14)5-11(12)13/h3-5,7,15H,6,14H2,1-2H3. The maximum absolute atomic E-state index is 13.5. The molecular formula is C12H15FN4. The van der Waals surface area contributed by atoms with Crippen LogP contribution in [0.25, 0.3) is 0 Å². The Morgan fingerprint density at radius 3 is 2.82 bits per heavy atom. The van der Waals surface area contributed by atoms with Gasteiger partial charge in [0.25, 0.3) is 0 Å². The summed E-state index contributed by atoms with van der Waals surface area (Å²) in [6.07, 6.45) is 1.91. The first-order valence-corrected chi connectivity index (χ1v) is 5.34. The molecule has 0 amide bonds. The number of nitrogen functional groups attached to an aromatic ring is 1. The third-order valence-corrected chi connectivity index (χ3v) is 2.58. The Labute approximate surface area is 99.2 Å². The van der Waals surface area contributed by atoms with Crippen LogP contribution >= 0.6 is 0 Å². The van der Waals surface area contributed by atoms with E-state index in [1.54, 1.807) is 16.8 Å². The molecule has 4 nitrogen and oxygen atoms in total. The van der Waals surface area contributed by atoms with E-state index >= 15 is 0 Å². The van der Waals surface area contributed by atoms with Crippen LogP contribution in [0.15, 0.2) is 24.4 Å². The molecule has 17 heavy (non-hydrogen) atoms. The molecule has 5 heteroatoms. The normalized spacial score (nSPS) is 10.5. The first-order chi connectivity index (χ1) is 8.06. The van der Waals surface area contributed by atoms with Gasteiger partial charge in [-0.15, -0.1) is 0 Å². The Morgan fingerprint density at radius 1 is 1.47 bits per heavy atom. The number of aromatic nitrogens is 2. The van der Waals surface area contributed by atoms with Gasteiger partial charge in [-0.25, -0.2) is 4.39 Å². The van der Waals surface area contributed by atoms with E-state index in [-0.39, 0.29) is 5.82 Å². The van der Waals surface area contributed by atoms with E-state index < -0.39 is 0 Å². The van der Waals surface area contributed by atoms with Crippen molar-refractivity contribution in [2.24, 2.45) is 7.05 Å². The number of nitrogens with zero attached hydrogens (tertiary/aromatic N) is 2. The lowest BCUT2D eigenvalue weighted by Crippen LogP contribution is -2.02. The van der Waals surface area contributed by atoms with Gasteiger partial charge in [0, 0.05) is 31.0 Å². The van der Waals surface area contributed by atoms with Crippen molar-refractivity contribution in [3.63, 3.8) is 0 Å². The van der Waals surface area contributed by atoms with Crippen molar-refractivity contribution >= 4 is 11.4 Å². The quantitative estimate of drug-likeness (QED) is 0.799. The first-order valence-electron chi connectivity index (χ1n) is 5.34. The molecule has 0 saturated heterocycles. The summed E-state index contributed by atoms with van der Waals surface area (Å²) in [6.45, 7) is 2.47. The van der Waals surface area contributed by atoms with Crippen LogP contribution in [0, 0.1) is 12.7 Å². The molecule has 0 aliphatic rings. The number of nitrogens with two attached hydrogens (primary N) is 1. The predicted octanol–water partition coefficient (Wildman–Crippen LogP) is 2.06. The van der Waals surface area contributed by atoms with Gasteiger partial charge < -0.3 is 11.1 Å². The Hall–Kier alpha value is -2.04. The van der Waals surface area contributed by atoms with Crippen molar-refractivity contribution in [2.45, 2.75) is 13.5 Å². The average Bonchev–Trinajstić information content (AvgIpc) is 2.56. The molecular weight excluding hydrogens is 219 g/mol. The van der Waals surface area contributed by atoms with Crippen molar-refractivity contribution in [2.75, 3.05) is 11.1 Å². The zero-order valence-corrected chi connectivity index (χ0v) is 9.87. The lowest BCUT2D eigenvalue weighted by atomic mass is 10.2. The first kappa shape index (κ1) is 11.4. The summed E-state index contributed by atoms with van der Waals surface area (Å²) in [5, 5.41) is 7.25. The summed E-state index contributed by atoms with van der Waals surface area (Å²) in [5.41, 5.74) is 8.34. The summed E-state index contributed by atoms with van der Waals surface area (Å²) >= 11 is 0. The fourth-order valence-corrected chi connectivity index (χ4v) is 1.69. The van der Waals surface area contributed by atoms with Crippen LogP contribution in [0.1, 0.15) is 11.3 Å². The van der Waals surface area contributed by atoms with Crippen LogP contribution in [-0.2, 0) is 13.6 Å². The summed E-state index contributed by atoms with van der Waals surface area (Å²) in [6, 6.07) is 4.61. The lowest BCUT2D eigenvalue weighted by Gasteiger charge is -2.07. The van der Waals surface area contributed by atoms with E-state index in [1.807, 2.05) is 20.2 Å². The van der Waals surface area contributed by atoms with Gasteiger partial charge >= 0.3 is 0 Å². The minimum atomic E-state index is -0.341. The minimum Gasteiger partial charge on any atom is -0.399 e. The van der Waals surface area contributed by atoms with Crippen LogP contribution in [0.5, 0.6) is 0 Å². The molecule has 0 atom stereocenters. The number of halogens is 1. The number of rotatable bonds is 3. The molecule has 0 fully saturated rings. The largest absolute Gasteiger partial charge is 0.399 e. The molecule has 0 unspecified atom stereocenters. The van der Waals surface area contributed by atoms with Crippen molar-refractivity contribution in [1.29, 1.82) is 0 Å². The fraction of sp³-hybridized carbons (Fsp3) is 0.250. The van der Waals surface area contributed by atoms with Crippen LogP contribution in [0.4, 0.5) is 15.8 Å². The molecule has 1 heterocycles. The molecule has 3 N–H and O–H groups in total. The maximum Gasteiger partial charge on any atom is 0.148 e. The van der Waals surface area contributed by atoms with Crippen molar-refractivity contribution in [1.82, 2.24) is 9.78 Å². The van der Waals surface area contributed by atoms with Crippen molar-refractivity contribution in [3.05, 3.63) is 41.5 Å². The zero-order chi connectivity index (χ0) is 12.4. The van der Waals surface area contributed by atoms with Gasteiger partial charge in [0.05, 0.1) is 11.4 Å². The Bertz CT molecular complexity index is 533. The highest BCUT2D eigenvalue weighted by atomic mass is 19.1. The number of hydrogen-bond acceptors (Lipinski definition) is 3. The molecule has 1 aromatic carbocycles. The van der Waals surface area contributed by atoms with Gasteiger partial charge in [0.15, 0.2) is 0 Å². The van der Waals surface area contributed by atoms with E-state index in [0.717, 1.165) is 11.3 Å². The number of aryl methyl sites for hydroxylation is 2. The lowest BCUT2D eigenvalue weighted by molar-refractivity contribution is 0.631. The molecule has 0 aliphatic heterocycles. The highest BCUT2D eigenvalue weighted by Gasteiger charge is 2.05. The highest BCUT2D eigenvalue weighted by molar-refractivity contribution is 5.52. The smallest absolute Gasteiger partial charge is 0.148 e. The molecule has 0 radical (unpaired) electrons. The average molecular weight is 234 g/mol. The van der Waals surface area contributed by atoms with Gasteiger partial charge in [-0.1, -0.05) is 0 Å². The van der Waals surface area contributed by atoms with Crippen LogP contribution in [-0.4, -0.2) is 9.78 Å². The molecule has 1 aromatic heterocycles. The third-order valence-electron chi connectivity index (χ3n) is 2.58. The fourth-order valence-electron chi connectivity index (χ4n) is 1.69. The predicted molar refractivity (Wildman–Crippen MR) is 66.1 cm³/mol. The highest BCUT2D eigenvalue weighted by Crippen LogP contribution is 2.18. The molecule has 0 spiro atoms. The number of hydrogen-bond donors (Lipinski definition) is 2. The molecule has 0 aliphatic carbocycles. The van der Waals surface area contributed by atoms with Crippen LogP contribution < -0.4 is 11.1 Å². The van der Waals surface area contributed by atoms with E-state index in [1.165, 1.54) is 6.07 Å². The Kier molecular flexibility index (Phi) is 2.99. The minimum absolute atomic E-state index is 0.341. The monoisotopic (exact) mass is 234 g/mol. The van der Waals surface area contributed by atoms with Gasteiger partial charge in [0.2, 0.25) is 0 Å². The van der Waals surface area contributed by atoms with Crippen LogP contribution in [0.2, 0.25) is 0 Å². The van der Waals surface area contributed by atoms with E-state index in [4.69, 9.17) is 5.73 Å². The summed E-state index contributed by atoms with van der Waals surface area (Å²) in [7, 11) is 1.86. The van der Waals surface area contributed by atoms with Crippen molar-refractivity contribution in [3.8, 4) is 0 Å². The van der Waals surface area contributed by atoms with Crippen molar-refractivity contribution < 1.29 is 4.39 Å². The zero-order valence-electron chi connectivity index (χ0n) is 9.87. The summed E-state index contributed by atoms with van der Waals surface area (Å²) in [4.78, 5) is 0. The number of benzene rings is 1. The van der Waals surface area contributed by atoms with Crippen LogP contribution in [0.3, 0.4) is 0 Å². The third kappa shape index (κ3) is 2.55. The van der Waals surface area contributed by atoms with Gasteiger partial charge in [-0.05, 0) is 25.1 Å². The van der Waals surface area contributed by atoms with Gasteiger partial charge in [-0.2, -0.15) is 5.10 Å². The molecule has 2 aromatic rings. The van der Waals surface area contributed by atoms with E-state index in [9.17, 15) is 4.39 Å². The molecule has 0 saturated carbocycles. The second-order valence-corrected chi connectivity index (χ2v) is 4.01. The summed E-state index contributed by atoms with van der Waals surface area (Å²) < 4.78 is 15.2. The van der Waals surface area contributed by atoms with E-state index in [0.29, 0.717) is 17.9 Å². The second-order valence-electron chi connectivity index (χ2n) is 4.01.